The van der Waals surface area contributed by atoms with Crippen molar-refractivity contribution >= 4 is 9.84 Å². The summed E-state index contributed by atoms with van der Waals surface area (Å²) in [6.45, 7) is 0. The highest BCUT2D eigenvalue weighted by Crippen LogP contribution is 2.27. The summed E-state index contributed by atoms with van der Waals surface area (Å²) < 4.78 is 30.8. The Kier molecular flexibility index (Phi) is 4.46. The molecule has 0 spiro atoms. The average molecular weight is 350 g/mol. The number of phenolic OH excluding ortho intramolecular Hbond substituents is 1. The Morgan fingerprint density at radius 1 is 0.840 bits per heavy atom. The van der Waals surface area contributed by atoms with Gasteiger partial charge in [-0.25, -0.2) is 8.42 Å². The Hall–Kier alpha value is -3.23. The van der Waals surface area contributed by atoms with Crippen molar-refractivity contribution in [3.8, 4) is 29.6 Å². The van der Waals surface area contributed by atoms with Crippen LogP contribution in [0.1, 0.15) is 5.56 Å². The zero-order chi connectivity index (χ0) is 17.9. The van der Waals surface area contributed by atoms with Crippen molar-refractivity contribution in [3.05, 3.63) is 78.4 Å². The van der Waals surface area contributed by atoms with Crippen molar-refractivity contribution in [2.75, 3.05) is 0 Å². The van der Waals surface area contributed by atoms with Gasteiger partial charge in [-0.1, -0.05) is 12.0 Å². The van der Waals surface area contributed by atoms with Crippen molar-refractivity contribution in [2.45, 2.75) is 9.79 Å². The third-order valence-corrected chi connectivity index (χ3v) is 5.30. The van der Waals surface area contributed by atoms with Gasteiger partial charge in [0.25, 0.3) is 0 Å². The largest absolute Gasteiger partial charge is 0.508 e. The molecule has 0 aromatic heterocycles. The smallest absolute Gasteiger partial charge is 0.206 e. The summed E-state index contributed by atoms with van der Waals surface area (Å²) in [5, 5.41) is 9.28. The van der Waals surface area contributed by atoms with E-state index in [1.165, 1.54) is 36.4 Å². The van der Waals surface area contributed by atoms with Crippen LogP contribution in [0.25, 0.3) is 0 Å². The van der Waals surface area contributed by atoms with Crippen LogP contribution in [0.5, 0.6) is 17.2 Å². The number of phenols is 1. The first-order chi connectivity index (χ1) is 12.0. The van der Waals surface area contributed by atoms with Crippen LogP contribution in [0.4, 0.5) is 0 Å². The van der Waals surface area contributed by atoms with Gasteiger partial charge >= 0.3 is 0 Å². The van der Waals surface area contributed by atoms with E-state index in [1.807, 2.05) is 0 Å². The van der Waals surface area contributed by atoms with Gasteiger partial charge in [-0.15, -0.1) is 6.42 Å². The molecule has 5 heteroatoms. The molecule has 25 heavy (non-hydrogen) atoms. The molecule has 0 bridgehead atoms. The summed E-state index contributed by atoms with van der Waals surface area (Å²) in [7, 11) is -3.65. The number of sulfone groups is 1. The van der Waals surface area contributed by atoms with Crippen molar-refractivity contribution in [1.29, 1.82) is 0 Å². The van der Waals surface area contributed by atoms with Crippen LogP contribution in [0, 0.1) is 12.3 Å². The van der Waals surface area contributed by atoms with E-state index < -0.39 is 9.84 Å². The Morgan fingerprint density at radius 3 is 2.04 bits per heavy atom. The predicted octanol–water partition coefficient (Wildman–Crippen LogP) is 4.00. The molecule has 0 amide bonds. The fourth-order valence-electron chi connectivity index (χ4n) is 2.23. The number of ether oxygens (including phenoxy) is 1. The zero-order valence-corrected chi connectivity index (χ0v) is 13.9. The molecule has 0 heterocycles. The van der Waals surface area contributed by atoms with E-state index in [2.05, 4.69) is 5.92 Å². The lowest BCUT2D eigenvalue weighted by Gasteiger charge is -2.08. The average Bonchev–Trinajstić information content (AvgIpc) is 2.63. The maximum atomic E-state index is 12.6. The van der Waals surface area contributed by atoms with Crippen LogP contribution >= 0.6 is 0 Å². The molecule has 3 aromatic carbocycles. The van der Waals surface area contributed by atoms with Crippen LogP contribution in [0.15, 0.2) is 82.6 Å². The van der Waals surface area contributed by atoms with Gasteiger partial charge in [0.1, 0.15) is 17.2 Å². The van der Waals surface area contributed by atoms with Crippen LogP contribution in [0.2, 0.25) is 0 Å². The third kappa shape index (κ3) is 3.65. The second kappa shape index (κ2) is 6.71. The molecule has 0 aliphatic heterocycles. The number of rotatable bonds is 4. The molecular weight excluding hydrogens is 336 g/mol. The lowest BCUT2D eigenvalue weighted by atomic mass is 10.2. The molecule has 4 nitrogen and oxygen atoms in total. The van der Waals surface area contributed by atoms with Crippen molar-refractivity contribution < 1.29 is 18.3 Å². The molecule has 0 unspecified atom stereocenters. The molecule has 124 valence electrons. The molecule has 1 N–H and O–H groups in total. The highest BCUT2D eigenvalue weighted by Gasteiger charge is 2.17. The fourth-order valence-corrected chi connectivity index (χ4v) is 3.49. The predicted molar refractivity (Wildman–Crippen MR) is 94.5 cm³/mol. The molecule has 0 saturated carbocycles. The van der Waals surface area contributed by atoms with Gasteiger partial charge in [0.05, 0.1) is 9.79 Å². The quantitative estimate of drug-likeness (QED) is 0.723. The van der Waals surface area contributed by atoms with E-state index >= 15 is 0 Å². The molecule has 0 aliphatic rings. The molecular formula is C20H14O4S. The van der Waals surface area contributed by atoms with Crippen LogP contribution in [0.3, 0.4) is 0 Å². The van der Waals surface area contributed by atoms with E-state index in [-0.39, 0.29) is 15.5 Å². The fraction of sp³-hybridized carbons (Fsp3) is 0. The second-order valence-corrected chi connectivity index (χ2v) is 7.19. The van der Waals surface area contributed by atoms with Crippen molar-refractivity contribution in [2.24, 2.45) is 0 Å². The molecule has 0 radical (unpaired) electrons. The van der Waals surface area contributed by atoms with Crippen LogP contribution in [-0.2, 0) is 9.84 Å². The summed E-state index contributed by atoms with van der Waals surface area (Å²) in [6.07, 6.45) is 5.36. The summed E-state index contributed by atoms with van der Waals surface area (Å²) in [6, 6.07) is 18.6. The lowest BCUT2D eigenvalue weighted by Crippen LogP contribution is -2.01. The first kappa shape index (κ1) is 16.6. The Bertz CT molecular complexity index is 1030. The minimum Gasteiger partial charge on any atom is -0.508 e. The first-order valence-corrected chi connectivity index (χ1v) is 8.86. The monoisotopic (exact) mass is 350 g/mol. The minimum atomic E-state index is -3.65. The Morgan fingerprint density at radius 2 is 1.44 bits per heavy atom. The number of hydrogen-bond donors (Lipinski definition) is 1. The van der Waals surface area contributed by atoms with Gasteiger partial charge < -0.3 is 9.84 Å². The normalized spacial score (nSPS) is 10.8. The molecule has 0 saturated heterocycles. The summed E-state index contributed by atoms with van der Waals surface area (Å²) in [5.41, 5.74) is 0.698. The van der Waals surface area contributed by atoms with Crippen LogP contribution in [-0.4, -0.2) is 13.5 Å². The minimum absolute atomic E-state index is 0.0110. The van der Waals surface area contributed by atoms with Crippen molar-refractivity contribution in [1.82, 2.24) is 0 Å². The number of terminal acetylenes is 1. The highest BCUT2D eigenvalue weighted by atomic mass is 32.2. The molecule has 0 fully saturated rings. The number of aromatic hydroxyl groups is 1. The second-order valence-electron chi connectivity index (χ2n) is 5.24. The zero-order valence-electron chi connectivity index (χ0n) is 13.1. The van der Waals surface area contributed by atoms with E-state index in [9.17, 15) is 13.5 Å². The topological polar surface area (TPSA) is 63.6 Å². The Labute approximate surface area is 146 Å². The van der Waals surface area contributed by atoms with E-state index in [4.69, 9.17) is 11.2 Å². The van der Waals surface area contributed by atoms with Crippen LogP contribution < -0.4 is 4.74 Å². The SMILES string of the molecule is C#Cc1cccc(Oc2ccc(S(=O)(=O)c3ccc(O)cc3)cc2)c1. The molecule has 3 aromatic rings. The van der Waals surface area contributed by atoms with Gasteiger partial charge in [-0.05, 0) is 66.7 Å². The summed E-state index contributed by atoms with van der Waals surface area (Å²) in [4.78, 5) is 0.253. The number of benzene rings is 3. The first-order valence-electron chi connectivity index (χ1n) is 7.38. The molecule has 0 aliphatic carbocycles. The lowest BCUT2D eigenvalue weighted by molar-refractivity contribution is 0.475. The van der Waals surface area contributed by atoms with Gasteiger partial charge in [0.15, 0.2) is 0 Å². The van der Waals surface area contributed by atoms with Crippen molar-refractivity contribution in [3.63, 3.8) is 0 Å². The molecule has 0 atom stereocenters. The standard InChI is InChI=1S/C20H14O4S/c1-2-15-4-3-5-18(14-15)24-17-8-12-20(13-9-17)25(22,23)19-10-6-16(21)7-11-19/h1,3-14,21H. The Balaban J connectivity index is 1.84. The van der Waals surface area contributed by atoms with Gasteiger partial charge in [-0.2, -0.15) is 0 Å². The maximum absolute atomic E-state index is 12.6. The number of hydrogen-bond acceptors (Lipinski definition) is 4. The third-order valence-electron chi connectivity index (χ3n) is 3.52. The molecule has 3 rings (SSSR count). The summed E-state index contributed by atoms with van der Waals surface area (Å²) >= 11 is 0. The van der Waals surface area contributed by atoms with E-state index in [0.29, 0.717) is 17.1 Å². The van der Waals surface area contributed by atoms with E-state index in [1.54, 1.807) is 36.4 Å². The van der Waals surface area contributed by atoms with Gasteiger partial charge in [0, 0.05) is 5.56 Å². The van der Waals surface area contributed by atoms with Gasteiger partial charge in [-0.3, -0.25) is 0 Å². The highest BCUT2D eigenvalue weighted by molar-refractivity contribution is 7.91. The van der Waals surface area contributed by atoms with Gasteiger partial charge in [0.2, 0.25) is 9.84 Å². The summed E-state index contributed by atoms with van der Waals surface area (Å²) in [5.74, 6) is 3.61. The van der Waals surface area contributed by atoms with E-state index in [0.717, 1.165) is 0 Å². The maximum Gasteiger partial charge on any atom is 0.206 e.